The number of ether oxygens (including phenoxy) is 1. The summed E-state index contributed by atoms with van der Waals surface area (Å²) in [6.45, 7) is 6.83. The van der Waals surface area contributed by atoms with Gasteiger partial charge in [-0.15, -0.1) is 10.2 Å². The van der Waals surface area contributed by atoms with Crippen LogP contribution in [-0.2, 0) is 0 Å². The molecule has 0 fully saturated rings. The van der Waals surface area contributed by atoms with Crippen LogP contribution in [0.5, 0.6) is 5.75 Å². The summed E-state index contributed by atoms with van der Waals surface area (Å²) in [5, 5.41) is 22.2. The molecule has 1 aromatic heterocycles. The molecule has 136 valence electrons. The maximum atomic E-state index is 11.2. The van der Waals surface area contributed by atoms with Crippen LogP contribution in [-0.4, -0.2) is 46.1 Å². The number of carbonyl (C=O) groups excluding carboxylic acids is 1. The average molecular weight is 382 g/mol. The number of nitrogens with one attached hydrogen (secondary N) is 1. The number of thioether (sulfide) groups is 1. The second kappa shape index (κ2) is 9.74. The van der Waals surface area contributed by atoms with Gasteiger partial charge in [-0.3, -0.25) is 4.79 Å². The second-order valence-electron chi connectivity index (χ2n) is 6.00. The number of aromatic nitrogens is 2. The van der Waals surface area contributed by atoms with E-state index in [0.717, 1.165) is 16.0 Å². The first-order valence-electron chi connectivity index (χ1n) is 8.06. The van der Waals surface area contributed by atoms with Crippen molar-refractivity contribution < 1.29 is 14.6 Å². The molecule has 1 atom stereocenters. The van der Waals surface area contributed by atoms with Crippen LogP contribution in [0, 0.1) is 5.92 Å². The van der Waals surface area contributed by atoms with Gasteiger partial charge in [0.15, 0.2) is 10.1 Å². The first-order chi connectivity index (χ1) is 11.9. The molecule has 8 heteroatoms. The smallest absolute Gasteiger partial charge is 0.206 e. The van der Waals surface area contributed by atoms with Crippen LogP contribution in [0.4, 0.5) is 5.13 Å². The van der Waals surface area contributed by atoms with E-state index in [0.29, 0.717) is 23.0 Å². The summed E-state index contributed by atoms with van der Waals surface area (Å²) in [6, 6.07) is 6.89. The van der Waals surface area contributed by atoms with Gasteiger partial charge in [0.05, 0.1) is 6.10 Å². The Kier molecular flexibility index (Phi) is 7.67. The van der Waals surface area contributed by atoms with Crippen LogP contribution in [0.15, 0.2) is 28.6 Å². The lowest BCUT2D eigenvalue weighted by Crippen LogP contribution is -2.20. The van der Waals surface area contributed by atoms with Crippen LogP contribution >= 0.6 is 23.1 Å². The average Bonchev–Trinajstić information content (AvgIpc) is 3.04. The number of nitrogens with zero attached hydrogens (tertiary/aromatic N) is 2. The van der Waals surface area contributed by atoms with Crippen LogP contribution < -0.4 is 10.1 Å². The molecule has 0 saturated carbocycles. The van der Waals surface area contributed by atoms with Crippen LogP contribution in [0.25, 0.3) is 0 Å². The summed E-state index contributed by atoms with van der Waals surface area (Å²) in [5.74, 6) is 1.67. The van der Waals surface area contributed by atoms with E-state index < -0.39 is 6.10 Å². The predicted molar refractivity (Wildman–Crippen MR) is 102 cm³/mol. The zero-order chi connectivity index (χ0) is 18.2. The van der Waals surface area contributed by atoms with Crippen LogP contribution in [0.1, 0.15) is 31.1 Å². The molecular formula is C17H23N3O3S2. The maximum absolute atomic E-state index is 11.2. The third-order valence-corrected chi connectivity index (χ3v) is 5.33. The van der Waals surface area contributed by atoms with E-state index >= 15 is 0 Å². The predicted octanol–water partition coefficient (Wildman–Crippen LogP) is 3.34. The molecule has 0 aliphatic rings. The highest BCUT2D eigenvalue weighted by atomic mass is 32.2. The SMILES string of the molecule is CC(=O)c1ccc(OCC(O)CSc2nnc(NCC(C)C)s2)cc1. The molecule has 0 spiro atoms. The number of hydrogen-bond donors (Lipinski definition) is 2. The molecular weight excluding hydrogens is 358 g/mol. The summed E-state index contributed by atoms with van der Waals surface area (Å²) in [6.07, 6.45) is -0.617. The minimum absolute atomic E-state index is 0.0160. The third-order valence-electron chi connectivity index (χ3n) is 3.17. The van der Waals surface area contributed by atoms with Crippen molar-refractivity contribution in [2.45, 2.75) is 31.2 Å². The van der Waals surface area contributed by atoms with E-state index in [1.54, 1.807) is 24.3 Å². The molecule has 0 amide bonds. The molecule has 1 aromatic carbocycles. The molecule has 0 aliphatic carbocycles. The fourth-order valence-electron chi connectivity index (χ4n) is 1.82. The van der Waals surface area contributed by atoms with E-state index in [9.17, 15) is 9.90 Å². The number of benzene rings is 1. The van der Waals surface area contributed by atoms with Gasteiger partial charge in [-0.05, 0) is 37.1 Å². The largest absolute Gasteiger partial charge is 0.491 e. The summed E-state index contributed by atoms with van der Waals surface area (Å²) in [5.41, 5.74) is 0.640. The Morgan fingerprint density at radius 1 is 1.32 bits per heavy atom. The van der Waals surface area contributed by atoms with Crippen molar-refractivity contribution in [2.75, 3.05) is 24.2 Å². The molecule has 2 rings (SSSR count). The molecule has 2 aromatic rings. The third kappa shape index (κ3) is 7.01. The molecule has 25 heavy (non-hydrogen) atoms. The lowest BCUT2D eigenvalue weighted by molar-refractivity contribution is 0.101. The van der Waals surface area contributed by atoms with Crippen LogP contribution in [0.2, 0.25) is 0 Å². The van der Waals surface area contributed by atoms with Gasteiger partial charge >= 0.3 is 0 Å². The normalized spacial score (nSPS) is 12.2. The lowest BCUT2D eigenvalue weighted by Gasteiger charge is -2.11. The van der Waals surface area contributed by atoms with Crippen molar-refractivity contribution in [1.29, 1.82) is 0 Å². The Morgan fingerprint density at radius 2 is 2.04 bits per heavy atom. The second-order valence-corrected chi connectivity index (χ2v) is 8.25. The highest BCUT2D eigenvalue weighted by molar-refractivity contribution is 8.01. The first-order valence-corrected chi connectivity index (χ1v) is 9.86. The van der Waals surface area contributed by atoms with E-state index in [1.807, 2.05) is 0 Å². The number of aliphatic hydroxyl groups is 1. The van der Waals surface area contributed by atoms with Crippen molar-refractivity contribution in [3.63, 3.8) is 0 Å². The fraction of sp³-hybridized carbons (Fsp3) is 0.471. The van der Waals surface area contributed by atoms with Gasteiger partial charge in [0.2, 0.25) is 5.13 Å². The quantitative estimate of drug-likeness (QED) is 0.482. The van der Waals surface area contributed by atoms with Crippen LogP contribution in [0.3, 0.4) is 0 Å². The number of aliphatic hydroxyl groups excluding tert-OH is 1. The standard InChI is InChI=1S/C17H23N3O3S2/c1-11(2)8-18-16-19-20-17(25-16)24-10-14(22)9-23-15-6-4-13(5-7-15)12(3)21/h4-7,11,14,22H,8-10H2,1-3H3,(H,18,19). The summed E-state index contributed by atoms with van der Waals surface area (Å²) in [4.78, 5) is 11.2. The number of ketones is 1. The molecule has 1 unspecified atom stereocenters. The van der Waals surface area contributed by atoms with E-state index in [4.69, 9.17) is 4.74 Å². The van der Waals surface area contributed by atoms with Crippen molar-refractivity contribution in [1.82, 2.24) is 10.2 Å². The zero-order valence-corrected chi connectivity index (χ0v) is 16.2. The van der Waals surface area contributed by atoms with Gasteiger partial charge in [0.1, 0.15) is 12.4 Å². The van der Waals surface area contributed by atoms with Gasteiger partial charge in [0.25, 0.3) is 0 Å². The van der Waals surface area contributed by atoms with E-state index in [2.05, 4.69) is 29.4 Å². The van der Waals surface area contributed by atoms with Crippen molar-refractivity contribution in [3.8, 4) is 5.75 Å². The van der Waals surface area contributed by atoms with Gasteiger partial charge < -0.3 is 15.2 Å². The highest BCUT2D eigenvalue weighted by Crippen LogP contribution is 2.26. The first kappa shape index (κ1) is 19.7. The van der Waals surface area contributed by atoms with Crippen molar-refractivity contribution in [3.05, 3.63) is 29.8 Å². The minimum atomic E-state index is -0.617. The van der Waals surface area contributed by atoms with Crippen molar-refractivity contribution >= 4 is 34.0 Å². The van der Waals surface area contributed by atoms with Gasteiger partial charge in [0, 0.05) is 17.9 Å². The fourth-order valence-corrected chi connectivity index (χ4v) is 3.52. The van der Waals surface area contributed by atoms with Gasteiger partial charge in [-0.25, -0.2) is 0 Å². The summed E-state index contributed by atoms with van der Waals surface area (Å²) in [7, 11) is 0. The van der Waals surface area contributed by atoms with E-state index in [-0.39, 0.29) is 12.4 Å². The minimum Gasteiger partial charge on any atom is -0.491 e. The van der Waals surface area contributed by atoms with Crippen molar-refractivity contribution in [2.24, 2.45) is 5.92 Å². The topological polar surface area (TPSA) is 84.3 Å². The van der Waals surface area contributed by atoms with Gasteiger partial charge in [-0.2, -0.15) is 0 Å². The molecule has 6 nitrogen and oxygen atoms in total. The zero-order valence-electron chi connectivity index (χ0n) is 14.6. The molecule has 1 heterocycles. The Hall–Kier alpha value is -1.64. The molecule has 0 bridgehead atoms. The number of hydrogen-bond acceptors (Lipinski definition) is 8. The Bertz CT molecular complexity index is 674. The Balaban J connectivity index is 1.71. The lowest BCUT2D eigenvalue weighted by atomic mass is 10.1. The summed E-state index contributed by atoms with van der Waals surface area (Å²) >= 11 is 2.94. The summed E-state index contributed by atoms with van der Waals surface area (Å²) < 4.78 is 6.36. The molecule has 2 N–H and O–H groups in total. The van der Waals surface area contributed by atoms with Gasteiger partial charge in [-0.1, -0.05) is 36.9 Å². The monoisotopic (exact) mass is 381 g/mol. The molecule has 0 saturated heterocycles. The Morgan fingerprint density at radius 3 is 2.68 bits per heavy atom. The number of carbonyl (C=O) groups is 1. The molecule has 0 aliphatic heterocycles. The Labute approximate surface area is 156 Å². The molecule has 0 radical (unpaired) electrons. The number of Topliss-reactive ketones (excluding diaryl/α,β-unsaturated/α-hetero) is 1. The number of anilines is 1. The van der Waals surface area contributed by atoms with E-state index in [1.165, 1.54) is 30.0 Å². The maximum Gasteiger partial charge on any atom is 0.206 e. The number of rotatable bonds is 10. The highest BCUT2D eigenvalue weighted by Gasteiger charge is 2.10.